The predicted octanol–water partition coefficient (Wildman–Crippen LogP) is 3.72. The predicted molar refractivity (Wildman–Crippen MR) is 140 cm³/mol. The summed E-state index contributed by atoms with van der Waals surface area (Å²) in [6.07, 6.45) is -0.0753. The van der Waals surface area contributed by atoms with E-state index in [-0.39, 0.29) is 39.9 Å². The quantitative estimate of drug-likeness (QED) is 0.414. The lowest BCUT2D eigenvalue weighted by atomic mass is 10.0. The lowest BCUT2D eigenvalue weighted by Crippen LogP contribution is -2.36. The molecule has 0 saturated carbocycles. The molecule has 0 unspecified atom stereocenters. The van der Waals surface area contributed by atoms with E-state index in [9.17, 15) is 22.8 Å². The Labute approximate surface area is 218 Å². The SMILES string of the molecule is CCOC(=O)N1CCc2c(sc(NC(=O)c3ccccc3NS(=O)(=O)c3ccc(C)cc3)c2C(N)=O)C1. The molecule has 12 heteroatoms. The number of carbonyl (C=O) groups excluding carboxylic acids is 3. The van der Waals surface area contributed by atoms with E-state index in [1.807, 2.05) is 6.92 Å². The molecule has 3 amide bonds. The average molecular weight is 543 g/mol. The summed E-state index contributed by atoms with van der Waals surface area (Å²) in [5, 5.41) is 2.96. The fourth-order valence-corrected chi connectivity index (χ4v) is 6.33. The molecule has 0 fully saturated rings. The molecule has 10 nitrogen and oxygen atoms in total. The molecule has 1 aliphatic heterocycles. The largest absolute Gasteiger partial charge is 0.450 e. The number of hydrogen-bond donors (Lipinski definition) is 3. The smallest absolute Gasteiger partial charge is 0.410 e. The Bertz CT molecular complexity index is 1460. The van der Waals surface area contributed by atoms with Crippen LogP contribution in [0.25, 0.3) is 0 Å². The van der Waals surface area contributed by atoms with Gasteiger partial charge in [-0.3, -0.25) is 14.3 Å². The minimum Gasteiger partial charge on any atom is -0.450 e. The molecule has 3 aromatic rings. The lowest BCUT2D eigenvalue weighted by molar-refractivity contribution is 0.0997. The number of anilines is 2. The Morgan fingerprint density at radius 1 is 1.11 bits per heavy atom. The number of rotatable bonds is 7. The number of primary amides is 1. The highest BCUT2D eigenvalue weighted by atomic mass is 32.2. The molecule has 194 valence electrons. The lowest BCUT2D eigenvalue weighted by Gasteiger charge is -2.26. The highest BCUT2D eigenvalue weighted by Gasteiger charge is 2.30. The number of nitrogens with one attached hydrogen (secondary N) is 2. The van der Waals surface area contributed by atoms with Crippen molar-refractivity contribution in [3.8, 4) is 0 Å². The highest BCUT2D eigenvalue weighted by Crippen LogP contribution is 2.37. The van der Waals surface area contributed by atoms with Gasteiger partial charge in [0.2, 0.25) is 0 Å². The number of hydrogen-bond acceptors (Lipinski definition) is 7. The monoisotopic (exact) mass is 542 g/mol. The van der Waals surface area contributed by atoms with E-state index in [1.54, 1.807) is 31.2 Å². The fraction of sp³-hybridized carbons (Fsp3) is 0.240. The third-order valence-electron chi connectivity index (χ3n) is 5.80. The number of nitrogens with zero attached hydrogens (tertiary/aromatic N) is 1. The van der Waals surface area contributed by atoms with Crippen molar-refractivity contribution in [2.45, 2.75) is 31.7 Å². The van der Waals surface area contributed by atoms with Crippen molar-refractivity contribution in [1.82, 2.24) is 4.90 Å². The second kappa shape index (κ2) is 10.6. The van der Waals surface area contributed by atoms with E-state index in [2.05, 4.69) is 10.0 Å². The van der Waals surface area contributed by atoms with Crippen LogP contribution in [0.1, 0.15) is 43.6 Å². The molecule has 0 spiro atoms. The summed E-state index contributed by atoms with van der Waals surface area (Å²) in [4.78, 5) is 40.0. The molecule has 0 aliphatic carbocycles. The minimum absolute atomic E-state index is 0.0569. The van der Waals surface area contributed by atoms with Crippen LogP contribution in [-0.4, -0.2) is 44.4 Å². The number of carbonyl (C=O) groups is 3. The normalized spacial score (nSPS) is 13.0. The number of fused-ring (bicyclic) bond motifs is 1. The molecule has 0 bridgehead atoms. The number of thiophene rings is 1. The number of aryl methyl sites for hydroxylation is 1. The zero-order valence-corrected chi connectivity index (χ0v) is 21.9. The number of ether oxygens (including phenoxy) is 1. The molecule has 2 heterocycles. The first-order valence-electron chi connectivity index (χ1n) is 11.5. The van der Waals surface area contributed by atoms with Crippen molar-refractivity contribution in [3.05, 3.63) is 75.7 Å². The van der Waals surface area contributed by atoms with Gasteiger partial charge in [0, 0.05) is 11.4 Å². The molecule has 4 rings (SSSR count). The maximum Gasteiger partial charge on any atom is 0.410 e. The van der Waals surface area contributed by atoms with Crippen LogP contribution in [0.3, 0.4) is 0 Å². The topological polar surface area (TPSA) is 148 Å². The van der Waals surface area contributed by atoms with Gasteiger partial charge in [-0.05, 0) is 50.1 Å². The summed E-state index contributed by atoms with van der Waals surface area (Å²) in [5.74, 6) is -1.32. The second-order valence-corrected chi connectivity index (χ2v) is 11.1. The number of para-hydroxylation sites is 1. The fourth-order valence-electron chi connectivity index (χ4n) is 3.98. The van der Waals surface area contributed by atoms with Gasteiger partial charge in [0.15, 0.2) is 0 Å². The standard InChI is InChI=1S/C25H26N4O6S2/c1-3-35-25(32)29-13-12-18-20(14-29)36-24(21(18)22(26)30)27-23(31)17-6-4-5-7-19(17)28-37(33,34)16-10-8-15(2)9-11-16/h4-11,28H,3,12-14H2,1-2H3,(H2,26,30)(H,27,31). The van der Waals surface area contributed by atoms with E-state index in [0.717, 1.165) is 21.8 Å². The Hall–Kier alpha value is -3.90. The van der Waals surface area contributed by atoms with Crippen molar-refractivity contribution in [2.24, 2.45) is 5.73 Å². The summed E-state index contributed by atoms with van der Waals surface area (Å²) in [5.41, 5.74) is 7.57. The van der Waals surface area contributed by atoms with Crippen LogP contribution < -0.4 is 15.8 Å². The Morgan fingerprint density at radius 3 is 2.49 bits per heavy atom. The zero-order chi connectivity index (χ0) is 26.7. The molecular weight excluding hydrogens is 516 g/mol. The Morgan fingerprint density at radius 2 is 1.81 bits per heavy atom. The van der Waals surface area contributed by atoms with Gasteiger partial charge in [0.1, 0.15) is 5.00 Å². The summed E-state index contributed by atoms with van der Waals surface area (Å²) in [6, 6.07) is 12.5. The van der Waals surface area contributed by atoms with Crippen LogP contribution in [0, 0.1) is 6.92 Å². The van der Waals surface area contributed by atoms with Crippen molar-refractivity contribution in [1.29, 1.82) is 0 Å². The van der Waals surface area contributed by atoms with Gasteiger partial charge in [-0.25, -0.2) is 13.2 Å². The van der Waals surface area contributed by atoms with E-state index < -0.39 is 27.9 Å². The van der Waals surface area contributed by atoms with E-state index in [0.29, 0.717) is 18.5 Å². The summed E-state index contributed by atoms with van der Waals surface area (Å²) in [6.45, 7) is 4.38. The molecule has 4 N–H and O–H groups in total. The van der Waals surface area contributed by atoms with E-state index in [4.69, 9.17) is 10.5 Å². The second-order valence-electron chi connectivity index (χ2n) is 8.36. The number of nitrogens with two attached hydrogens (primary N) is 1. The van der Waals surface area contributed by atoms with Crippen LogP contribution in [0.2, 0.25) is 0 Å². The molecule has 0 radical (unpaired) electrons. The van der Waals surface area contributed by atoms with Gasteiger partial charge in [-0.1, -0.05) is 29.8 Å². The van der Waals surface area contributed by atoms with Crippen LogP contribution in [0.15, 0.2) is 53.4 Å². The Kier molecular flexibility index (Phi) is 7.50. The maximum atomic E-state index is 13.3. The Balaban J connectivity index is 1.60. The number of sulfonamides is 1. The maximum absolute atomic E-state index is 13.3. The van der Waals surface area contributed by atoms with Crippen molar-refractivity contribution < 1.29 is 27.5 Å². The van der Waals surface area contributed by atoms with Gasteiger partial charge < -0.3 is 20.7 Å². The van der Waals surface area contributed by atoms with Crippen LogP contribution in [0.4, 0.5) is 15.5 Å². The first kappa shape index (κ1) is 26.2. The van der Waals surface area contributed by atoms with Gasteiger partial charge in [0.25, 0.3) is 21.8 Å². The molecule has 0 saturated heterocycles. The number of benzene rings is 2. The molecule has 2 aromatic carbocycles. The van der Waals surface area contributed by atoms with E-state index >= 15 is 0 Å². The zero-order valence-electron chi connectivity index (χ0n) is 20.2. The van der Waals surface area contributed by atoms with Crippen molar-refractivity contribution in [2.75, 3.05) is 23.2 Å². The molecular formula is C25H26N4O6S2. The first-order chi connectivity index (χ1) is 17.6. The summed E-state index contributed by atoms with van der Waals surface area (Å²) >= 11 is 1.15. The van der Waals surface area contributed by atoms with Gasteiger partial charge in [-0.15, -0.1) is 11.3 Å². The van der Waals surface area contributed by atoms with Crippen LogP contribution >= 0.6 is 11.3 Å². The van der Waals surface area contributed by atoms with Gasteiger partial charge in [-0.2, -0.15) is 0 Å². The molecule has 1 aromatic heterocycles. The van der Waals surface area contributed by atoms with Crippen molar-refractivity contribution >= 4 is 50.0 Å². The third-order valence-corrected chi connectivity index (χ3v) is 8.32. The van der Waals surface area contributed by atoms with Crippen molar-refractivity contribution in [3.63, 3.8) is 0 Å². The van der Waals surface area contributed by atoms with Gasteiger partial charge in [0.05, 0.1) is 34.9 Å². The van der Waals surface area contributed by atoms with Gasteiger partial charge >= 0.3 is 6.09 Å². The molecule has 37 heavy (non-hydrogen) atoms. The molecule has 0 atom stereocenters. The summed E-state index contributed by atoms with van der Waals surface area (Å²) < 4.78 is 33.4. The van der Waals surface area contributed by atoms with E-state index in [1.165, 1.54) is 29.2 Å². The van der Waals surface area contributed by atoms with Crippen LogP contribution in [0.5, 0.6) is 0 Å². The minimum atomic E-state index is -3.95. The first-order valence-corrected chi connectivity index (χ1v) is 13.8. The highest BCUT2D eigenvalue weighted by molar-refractivity contribution is 7.92. The summed E-state index contributed by atoms with van der Waals surface area (Å²) in [7, 11) is -3.95. The average Bonchev–Trinajstić information content (AvgIpc) is 3.21. The third kappa shape index (κ3) is 5.59. The number of amides is 3. The van der Waals surface area contributed by atoms with Crippen LogP contribution in [-0.2, 0) is 27.7 Å². The molecule has 1 aliphatic rings.